The summed E-state index contributed by atoms with van der Waals surface area (Å²) in [4.78, 5) is 14.2. The molecule has 1 saturated carbocycles. The molecule has 0 spiro atoms. The summed E-state index contributed by atoms with van der Waals surface area (Å²) in [6.45, 7) is 3.98. The molecule has 0 amide bonds. The number of aliphatic carboxylic acids is 1. The third kappa shape index (κ3) is 1.54. The summed E-state index contributed by atoms with van der Waals surface area (Å²) in [5, 5.41) is 9.12. The molecule has 0 saturated heterocycles. The highest BCUT2D eigenvalue weighted by Gasteiger charge is 2.38. The predicted molar refractivity (Wildman–Crippen MR) is 53.4 cm³/mol. The molecule has 14 heavy (non-hydrogen) atoms. The number of rotatable bonds is 3. The molecule has 1 fully saturated rings. The Morgan fingerprint density at radius 2 is 2.21 bits per heavy atom. The molecular formula is C11H15NO2. The van der Waals surface area contributed by atoms with E-state index in [-0.39, 0.29) is 5.92 Å². The zero-order valence-electron chi connectivity index (χ0n) is 8.50. The summed E-state index contributed by atoms with van der Waals surface area (Å²) in [6.07, 6.45) is 2.10. The van der Waals surface area contributed by atoms with Gasteiger partial charge in [-0.05, 0) is 44.2 Å². The van der Waals surface area contributed by atoms with Gasteiger partial charge in [0.15, 0.2) is 0 Å². The van der Waals surface area contributed by atoms with Crippen LogP contribution in [0.2, 0.25) is 0 Å². The van der Waals surface area contributed by atoms with E-state index in [0.717, 1.165) is 29.8 Å². The van der Waals surface area contributed by atoms with Gasteiger partial charge in [-0.25, -0.2) is 0 Å². The van der Waals surface area contributed by atoms with E-state index in [0.29, 0.717) is 5.92 Å². The van der Waals surface area contributed by atoms with Gasteiger partial charge in [-0.2, -0.15) is 0 Å². The van der Waals surface area contributed by atoms with E-state index in [9.17, 15) is 4.79 Å². The Kier molecular flexibility index (Phi) is 2.10. The van der Waals surface area contributed by atoms with Gasteiger partial charge in [-0.1, -0.05) is 0 Å². The molecule has 76 valence electrons. The van der Waals surface area contributed by atoms with Crippen LogP contribution in [-0.4, -0.2) is 16.1 Å². The molecule has 1 aliphatic rings. The number of carboxylic acids is 1. The number of carbonyl (C=O) groups is 1. The Morgan fingerprint density at radius 1 is 1.57 bits per heavy atom. The van der Waals surface area contributed by atoms with E-state index < -0.39 is 5.97 Å². The van der Waals surface area contributed by atoms with Gasteiger partial charge < -0.3 is 10.1 Å². The first-order chi connectivity index (χ1) is 6.59. The molecule has 2 N–H and O–H groups in total. The van der Waals surface area contributed by atoms with Crippen molar-refractivity contribution in [1.82, 2.24) is 4.98 Å². The van der Waals surface area contributed by atoms with E-state index in [2.05, 4.69) is 4.98 Å². The van der Waals surface area contributed by atoms with Crippen LogP contribution in [0.15, 0.2) is 6.07 Å². The van der Waals surface area contributed by atoms with Crippen molar-refractivity contribution in [3.8, 4) is 0 Å². The predicted octanol–water partition coefficient (Wildman–Crippen LogP) is 2.21. The Hall–Kier alpha value is -1.25. The normalized spacial score (nSPS) is 18.1. The third-order valence-electron chi connectivity index (χ3n) is 2.99. The van der Waals surface area contributed by atoms with E-state index >= 15 is 0 Å². The maximum atomic E-state index is 11.1. The van der Waals surface area contributed by atoms with E-state index in [4.69, 9.17) is 5.11 Å². The number of H-pyrrole nitrogens is 1. The van der Waals surface area contributed by atoms with Crippen LogP contribution >= 0.6 is 0 Å². The van der Waals surface area contributed by atoms with Crippen LogP contribution in [0.5, 0.6) is 0 Å². The summed E-state index contributed by atoms with van der Waals surface area (Å²) in [7, 11) is 0. The van der Waals surface area contributed by atoms with E-state index in [1.807, 2.05) is 19.9 Å². The molecular weight excluding hydrogens is 178 g/mol. The average molecular weight is 193 g/mol. The third-order valence-corrected chi connectivity index (χ3v) is 2.99. The molecule has 3 heteroatoms. The highest BCUT2D eigenvalue weighted by atomic mass is 16.4. The van der Waals surface area contributed by atoms with Gasteiger partial charge in [0.25, 0.3) is 0 Å². The maximum Gasteiger partial charge on any atom is 0.312 e. The van der Waals surface area contributed by atoms with Gasteiger partial charge in [0.1, 0.15) is 0 Å². The SMILES string of the molecule is Cc1cc(C(C(=O)O)C2CC2)[nH]c1C. The molecule has 1 heterocycles. The van der Waals surface area contributed by atoms with Crippen LogP contribution in [0.25, 0.3) is 0 Å². The quantitative estimate of drug-likeness (QED) is 0.773. The van der Waals surface area contributed by atoms with E-state index in [1.54, 1.807) is 0 Å². The minimum atomic E-state index is -0.700. The lowest BCUT2D eigenvalue weighted by molar-refractivity contribution is -0.139. The summed E-state index contributed by atoms with van der Waals surface area (Å²) in [5.41, 5.74) is 3.09. The minimum Gasteiger partial charge on any atom is -0.481 e. The number of aromatic nitrogens is 1. The van der Waals surface area contributed by atoms with Crippen molar-refractivity contribution in [3.05, 3.63) is 23.0 Å². The fraction of sp³-hybridized carbons (Fsp3) is 0.545. The van der Waals surface area contributed by atoms with Crippen molar-refractivity contribution in [2.45, 2.75) is 32.6 Å². The highest BCUT2D eigenvalue weighted by molar-refractivity contribution is 5.76. The zero-order valence-corrected chi connectivity index (χ0v) is 8.50. The van der Waals surface area contributed by atoms with Gasteiger partial charge >= 0.3 is 5.97 Å². The zero-order chi connectivity index (χ0) is 10.3. The first-order valence-electron chi connectivity index (χ1n) is 4.98. The van der Waals surface area contributed by atoms with Crippen molar-refractivity contribution in [2.75, 3.05) is 0 Å². The van der Waals surface area contributed by atoms with Gasteiger partial charge in [0.05, 0.1) is 5.92 Å². The van der Waals surface area contributed by atoms with Gasteiger partial charge in [0.2, 0.25) is 0 Å². The standard InChI is InChI=1S/C11H15NO2/c1-6-5-9(12-7(6)2)10(11(13)14)8-3-4-8/h5,8,10,12H,3-4H2,1-2H3,(H,13,14). The van der Waals surface area contributed by atoms with Crippen LogP contribution < -0.4 is 0 Å². The second-order valence-electron chi connectivity index (χ2n) is 4.19. The summed E-state index contributed by atoms with van der Waals surface area (Å²) in [6, 6.07) is 1.96. The Balaban J connectivity index is 2.30. The van der Waals surface area contributed by atoms with E-state index in [1.165, 1.54) is 0 Å². The highest BCUT2D eigenvalue weighted by Crippen LogP contribution is 2.42. The Bertz CT molecular complexity index is 344. The topological polar surface area (TPSA) is 53.1 Å². The second-order valence-corrected chi connectivity index (χ2v) is 4.19. The van der Waals surface area contributed by atoms with Crippen LogP contribution in [0.4, 0.5) is 0 Å². The molecule has 0 bridgehead atoms. The summed E-state index contributed by atoms with van der Waals surface area (Å²) < 4.78 is 0. The lowest BCUT2D eigenvalue weighted by Gasteiger charge is -2.08. The fourth-order valence-electron chi connectivity index (χ4n) is 1.88. The molecule has 1 aromatic heterocycles. The minimum absolute atomic E-state index is 0.317. The number of nitrogens with one attached hydrogen (secondary N) is 1. The van der Waals surface area contributed by atoms with Crippen molar-refractivity contribution in [3.63, 3.8) is 0 Å². The van der Waals surface area contributed by atoms with Crippen LogP contribution in [0.1, 0.15) is 35.7 Å². The van der Waals surface area contributed by atoms with Crippen molar-refractivity contribution in [2.24, 2.45) is 5.92 Å². The first-order valence-corrected chi connectivity index (χ1v) is 4.98. The van der Waals surface area contributed by atoms with Gasteiger partial charge in [-0.3, -0.25) is 4.79 Å². The molecule has 1 atom stereocenters. The first kappa shape index (κ1) is 9.31. The number of hydrogen-bond acceptors (Lipinski definition) is 1. The van der Waals surface area contributed by atoms with Crippen LogP contribution in [0.3, 0.4) is 0 Å². The average Bonchev–Trinajstić information content (AvgIpc) is 2.82. The lowest BCUT2D eigenvalue weighted by Crippen LogP contribution is -2.13. The molecule has 0 radical (unpaired) electrons. The van der Waals surface area contributed by atoms with Crippen LogP contribution in [-0.2, 0) is 4.79 Å². The monoisotopic (exact) mass is 193 g/mol. The largest absolute Gasteiger partial charge is 0.481 e. The molecule has 0 aliphatic heterocycles. The van der Waals surface area contributed by atoms with Crippen molar-refractivity contribution in [1.29, 1.82) is 0 Å². The molecule has 2 rings (SSSR count). The number of carboxylic acid groups (broad SMARTS) is 1. The molecule has 3 nitrogen and oxygen atoms in total. The Labute approximate surface area is 83.1 Å². The summed E-state index contributed by atoms with van der Waals surface area (Å²) in [5.74, 6) is -0.666. The Morgan fingerprint density at radius 3 is 2.57 bits per heavy atom. The molecule has 1 aromatic rings. The van der Waals surface area contributed by atoms with Crippen molar-refractivity contribution < 1.29 is 9.90 Å². The van der Waals surface area contributed by atoms with Gasteiger partial charge in [0, 0.05) is 11.4 Å². The fourth-order valence-corrected chi connectivity index (χ4v) is 1.88. The molecule has 1 aliphatic carbocycles. The maximum absolute atomic E-state index is 11.1. The number of aromatic amines is 1. The van der Waals surface area contributed by atoms with Crippen LogP contribution in [0, 0.1) is 19.8 Å². The van der Waals surface area contributed by atoms with Gasteiger partial charge in [-0.15, -0.1) is 0 Å². The smallest absolute Gasteiger partial charge is 0.312 e. The number of hydrogen-bond donors (Lipinski definition) is 2. The number of aryl methyl sites for hydroxylation is 2. The second kappa shape index (κ2) is 3.15. The molecule has 0 aromatic carbocycles. The molecule has 1 unspecified atom stereocenters. The summed E-state index contributed by atoms with van der Waals surface area (Å²) >= 11 is 0. The lowest BCUT2D eigenvalue weighted by atomic mass is 10.00. The van der Waals surface area contributed by atoms with Crippen molar-refractivity contribution >= 4 is 5.97 Å².